The number of H-pyrrole nitrogens is 1. The van der Waals surface area contributed by atoms with Crippen LogP contribution in [0.1, 0.15) is 56.8 Å². The van der Waals surface area contributed by atoms with Gasteiger partial charge in [0.2, 0.25) is 5.91 Å². The molecule has 0 atom stereocenters. The molecule has 0 aliphatic rings. The van der Waals surface area contributed by atoms with Crippen LogP contribution in [0.4, 0.5) is 5.82 Å². The number of amides is 2. The van der Waals surface area contributed by atoms with Gasteiger partial charge in [-0.1, -0.05) is 0 Å². The number of fused-ring (bicyclic) bond motifs is 1. The van der Waals surface area contributed by atoms with Crippen molar-refractivity contribution in [1.82, 2.24) is 25.6 Å². The van der Waals surface area contributed by atoms with Crippen molar-refractivity contribution in [3.8, 4) is 0 Å². The van der Waals surface area contributed by atoms with Gasteiger partial charge in [-0.05, 0) is 73.6 Å². The molecule has 2 amide bonds. The van der Waals surface area contributed by atoms with Crippen molar-refractivity contribution in [1.29, 1.82) is 0 Å². The molecule has 3 rings (SSSR count). The monoisotopic (exact) mass is 768 g/mol. The Bertz CT molecular complexity index is 1240. The van der Waals surface area contributed by atoms with Crippen molar-refractivity contribution in [2.45, 2.75) is 52.6 Å². The number of aromatic nitrogens is 3. The van der Waals surface area contributed by atoms with Gasteiger partial charge in [-0.15, -0.1) is 0 Å². The Balaban J connectivity index is 0.000000626. The topological polar surface area (TPSA) is 163 Å². The standard InChI is InChI=1S/C11H12N3O2S.C10H14N3O2S.2La/c1-11(2,3)14-10(16)6-4-12-9-8(7(6)15)17-5-13-9;1-10(2,3)13-7(15)4-6(14)8-9(11)12-5-16-8;;/h4H,1-3H3,(H,12,15)(H,14,16);4,14H,11H2,1-3H3,(H,13,15);;/q2*-1;;/b;6-4-;;. The summed E-state index contributed by atoms with van der Waals surface area (Å²) in [7, 11) is 0. The molecule has 3 aromatic heterocycles. The number of nitrogens with one attached hydrogen (secondary N) is 3. The molecule has 10 nitrogen and oxygen atoms in total. The first-order valence-corrected chi connectivity index (χ1v) is 11.4. The molecule has 0 fully saturated rings. The van der Waals surface area contributed by atoms with Crippen molar-refractivity contribution in [3.63, 3.8) is 0 Å². The van der Waals surface area contributed by atoms with Gasteiger partial charge in [0, 0.05) is 94.5 Å². The van der Waals surface area contributed by atoms with Crippen LogP contribution in [0, 0.1) is 82.2 Å². The quantitative estimate of drug-likeness (QED) is 0.156. The molecule has 0 unspecified atom stereocenters. The zero-order valence-electron chi connectivity index (χ0n) is 20.3. The van der Waals surface area contributed by atoms with E-state index < -0.39 is 0 Å². The molecule has 0 aliphatic heterocycles. The fourth-order valence-electron chi connectivity index (χ4n) is 2.37. The Morgan fingerprint density at radius 2 is 1.63 bits per heavy atom. The van der Waals surface area contributed by atoms with Crippen molar-refractivity contribution >= 4 is 56.4 Å². The number of carbonyl (C=O) groups excluding carboxylic acids is 2. The summed E-state index contributed by atoms with van der Waals surface area (Å²) in [5.41, 5.74) is 10.2. The zero-order valence-corrected chi connectivity index (χ0v) is 29.2. The maximum absolute atomic E-state index is 12.0. The summed E-state index contributed by atoms with van der Waals surface area (Å²) in [4.78, 5) is 46.0. The van der Waals surface area contributed by atoms with Gasteiger partial charge in [0.25, 0.3) is 5.91 Å². The fraction of sp³-hybridized carbons (Fsp3) is 0.381. The van der Waals surface area contributed by atoms with Gasteiger partial charge in [-0.3, -0.25) is 32.3 Å². The first kappa shape index (κ1) is 34.1. The summed E-state index contributed by atoms with van der Waals surface area (Å²) in [6.45, 7) is 11.1. The van der Waals surface area contributed by atoms with Crippen LogP contribution in [-0.4, -0.2) is 43.0 Å². The predicted molar refractivity (Wildman–Crippen MR) is 130 cm³/mol. The van der Waals surface area contributed by atoms with Gasteiger partial charge in [0.05, 0.1) is 11.3 Å². The molecule has 3 aromatic rings. The van der Waals surface area contributed by atoms with E-state index in [-0.39, 0.29) is 117 Å². The summed E-state index contributed by atoms with van der Waals surface area (Å²) in [6, 6.07) is 0. The molecule has 3 heterocycles. The number of nitrogen functional groups attached to an aromatic ring is 1. The van der Waals surface area contributed by atoms with Gasteiger partial charge < -0.3 is 41.2 Å². The van der Waals surface area contributed by atoms with E-state index in [4.69, 9.17) is 5.73 Å². The maximum Gasteiger partial charge on any atom is 0.255 e. The van der Waals surface area contributed by atoms with Crippen molar-refractivity contribution in [3.05, 3.63) is 44.0 Å². The number of anilines is 1. The molecule has 0 saturated carbocycles. The average molecular weight is 768 g/mol. The number of aromatic amines is 1. The summed E-state index contributed by atoms with van der Waals surface area (Å²) in [6.07, 6.45) is 2.47. The summed E-state index contributed by atoms with van der Waals surface area (Å²) in [5.74, 6) is -0.785. The molecule has 184 valence electrons. The number of rotatable bonds is 3. The number of nitrogens with zero attached hydrogens (tertiary/aromatic N) is 2. The van der Waals surface area contributed by atoms with E-state index in [2.05, 4.69) is 36.6 Å². The Morgan fingerprint density at radius 1 is 1.06 bits per heavy atom. The van der Waals surface area contributed by atoms with Gasteiger partial charge in [-0.2, -0.15) is 0 Å². The molecular formula is C21H26La2N6O4S2-2. The van der Waals surface area contributed by atoms with Crippen LogP contribution < -0.4 is 21.8 Å². The Labute approximate surface area is 267 Å². The summed E-state index contributed by atoms with van der Waals surface area (Å²) in [5, 5.41) is 15.1. The average Bonchev–Trinajstić information content (AvgIpc) is 3.28. The minimum atomic E-state index is -0.381. The van der Waals surface area contributed by atoms with Crippen LogP contribution in [0.25, 0.3) is 16.1 Å². The van der Waals surface area contributed by atoms with Crippen molar-refractivity contribution < 1.29 is 85.9 Å². The minimum Gasteiger partial charge on any atom is -0.520 e. The zero-order chi connectivity index (χ0) is 25.0. The second kappa shape index (κ2) is 14.2. The SMILES string of the molecule is CC(C)(C)NC(=O)/C=C(\O)c1s[c-]nc1N.CC(C)(C)NC(=O)c1c[nH]c2n[c-]sc2c1=O.[La].[La]. The number of nitrogens with two attached hydrogens (primary N) is 1. The number of thiazole rings is 2. The molecule has 0 saturated heterocycles. The van der Waals surface area contributed by atoms with E-state index in [1.54, 1.807) is 0 Å². The van der Waals surface area contributed by atoms with E-state index in [1.807, 2.05) is 41.5 Å². The van der Waals surface area contributed by atoms with E-state index in [0.717, 1.165) is 28.7 Å². The van der Waals surface area contributed by atoms with E-state index in [9.17, 15) is 19.5 Å². The molecule has 0 aliphatic carbocycles. The molecule has 14 heteroatoms. The third kappa shape index (κ3) is 11.0. The smallest absolute Gasteiger partial charge is 0.255 e. The van der Waals surface area contributed by atoms with Crippen LogP contribution in [0.2, 0.25) is 0 Å². The Kier molecular flexibility index (Phi) is 13.8. The molecule has 2 radical (unpaired) electrons. The first-order chi connectivity index (χ1) is 15.2. The number of hydrogen-bond donors (Lipinski definition) is 5. The fourth-order valence-corrected chi connectivity index (χ4v) is 3.55. The third-order valence-electron chi connectivity index (χ3n) is 3.60. The van der Waals surface area contributed by atoms with Crippen molar-refractivity contribution in [2.24, 2.45) is 0 Å². The Morgan fingerprint density at radius 3 is 2.14 bits per heavy atom. The number of aliphatic hydroxyl groups is 1. The number of carbonyl (C=O) groups is 2. The normalized spacial score (nSPS) is 11.4. The maximum atomic E-state index is 12.0. The van der Waals surface area contributed by atoms with Crippen LogP contribution in [0.3, 0.4) is 0 Å². The minimum absolute atomic E-state index is 0. The summed E-state index contributed by atoms with van der Waals surface area (Å²) >= 11 is 2.16. The first-order valence-electron chi connectivity index (χ1n) is 9.74. The van der Waals surface area contributed by atoms with E-state index in [0.29, 0.717) is 15.2 Å². The largest absolute Gasteiger partial charge is 0.520 e. The number of pyridine rings is 1. The number of aliphatic hydroxyl groups excluding tert-OH is 1. The van der Waals surface area contributed by atoms with Crippen LogP contribution in [0.5, 0.6) is 0 Å². The second-order valence-corrected chi connectivity index (χ2v) is 10.6. The second-order valence-electron chi connectivity index (χ2n) is 9.01. The van der Waals surface area contributed by atoms with Gasteiger partial charge in [-0.25, -0.2) is 0 Å². The van der Waals surface area contributed by atoms with Crippen LogP contribution >= 0.6 is 22.7 Å². The molecule has 0 aromatic carbocycles. The van der Waals surface area contributed by atoms with E-state index in [1.165, 1.54) is 6.20 Å². The molecule has 0 bridgehead atoms. The molecular weight excluding hydrogens is 742 g/mol. The molecule has 6 N–H and O–H groups in total. The Hall–Kier alpha value is -0.860. The molecule has 0 spiro atoms. The van der Waals surface area contributed by atoms with Gasteiger partial charge in [0.15, 0.2) is 0 Å². The number of hydrogen-bond acceptors (Lipinski definition) is 9. The summed E-state index contributed by atoms with van der Waals surface area (Å²) < 4.78 is 0.423. The van der Waals surface area contributed by atoms with E-state index >= 15 is 0 Å². The van der Waals surface area contributed by atoms with Crippen LogP contribution in [-0.2, 0) is 4.79 Å². The molecule has 35 heavy (non-hydrogen) atoms. The predicted octanol–water partition coefficient (Wildman–Crippen LogP) is 2.65. The van der Waals surface area contributed by atoms with Crippen LogP contribution in [0.15, 0.2) is 17.1 Å². The van der Waals surface area contributed by atoms with Crippen molar-refractivity contribution in [2.75, 3.05) is 5.73 Å². The third-order valence-corrected chi connectivity index (χ3v) is 5.17. The van der Waals surface area contributed by atoms with Gasteiger partial charge >= 0.3 is 0 Å². The van der Waals surface area contributed by atoms with Gasteiger partial charge in [0.1, 0.15) is 5.43 Å².